The number of hydrogen-bond donors (Lipinski definition) is 1. The summed E-state index contributed by atoms with van der Waals surface area (Å²) < 4.78 is 1.90. The van der Waals surface area contributed by atoms with Gasteiger partial charge >= 0.3 is 0 Å². The lowest BCUT2D eigenvalue weighted by molar-refractivity contribution is 0.723. The first-order valence-electron chi connectivity index (χ1n) is 3.77. The van der Waals surface area contributed by atoms with E-state index in [4.69, 9.17) is 0 Å². The molecule has 0 saturated heterocycles. The Morgan fingerprint density at radius 2 is 2.15 bits per heavy atom. The summed E-state index contributed by atoms with van der Waals surface area (Å²) in [5.74, 6) is 0. The van der Waals surface area contributed by atoms with Gasteiger partial charge in [0.25, 0.3) is 0 Å². The summed E-state index contributed by atoms with van der Waals surface area (Å²) in [6, 6.07) is 0. The van der Waals surface area contributed by atoms with Crippen molar-refractivity contribution in [1.82, 2.24) is 25.0 Å². The Kier molecular flexibility index (Phi) is 2.46. The summed E-state index contributed by atoms with van der Waals surface area (Å²) in [5, 5.41) is 18.9. The molecule has 0 fully saturated rings. The average molecular weight is 196 g/mol. The maximum Gasteiger partial charge on any atom is 0.205 e. The van der Waals surface area contributed by atoms with Crippen molar-refractivity contribution in [3.8, 4) is 0 Å². The van der Waals surface area contributed by atoms with Crippen LogP contribution in [0.25, 0.3) is 0 Å². The van der Waals surface area contributed by atoms with E-state index < -0.39 is 0 Å². The van der Waals surface area contributed by atoms with Crippen LogP contribution in [-0.2, 0) is 6.54 Å². The molecular weight excluding hydrogens is 188 g/mol. The quantitative estimate of drug-likeness (QED) is 0.758. The minimum absolute atomic E-state index is 0.799. The smallest absolute Gasteiger partial charge is 0.205 e. The molecule has 0 unspecified atom stereocenters. The Morgan fingerprint density at radius 3 is 2.85 bits per heavy atom. The van der Waals surface area contributed by atoms with Crippen LogP contribution in [0.5, 0.6) is 0 Å². The van der Waals surface area contributed by atoms with Gasteiger partial charge in [-0.1, -0.05) is 11.3 Å². The topological polar surface area (TPSA) is 68.5 Å². The molecule has 0 aliphatic heterocycles. The number of aromatic nitrogens is 5. The third-order valence-electron chi connectivity index (χ3n) is 1.47. The SMILES string of the molecule is c1nnc(NCCn2cnnc2)s1. The molecule has 7 heteroatoms. The van der Waals surface area contributed by atoms with Crippen LogP contribution in [0, 0.1) is 0 Å². The predicted octanol–water partition coefficient (Wildman–Crippen LogP) is 0.242. The highest BCUT2D eigenvalue weighted by atomic mass is 32.1. The van der Waals surface area contributed by atoms with Crippen molar-refractivity contribution >= 4 is 16.5 Å². The molecule has 2 aromatic heterocycles. The molecule has 0 spiro atoms. The fourth-order valence-electron chi connectivity index (χ4n) is 0.880. The normalized spacial score (nSPS) is 10.2. The van der Waals surface area contributed by atoms with E-state index >= 15 is 0 Å². The van der Waals surface area contributed by atoms with E-state index in [9.17, 15) is 0 Å². The van der Waals surface area contributed by atoms with Crippen LogP contribution >= 0.6 is 11.3 Å². The second-order valence-electron chi connectivity index (χ2n) is 2.37. The summed E-state index contributed by atoms with van der Waals surface area (Å²) in [5.41, 5.74) is 1.70. The predicted molar refractivity (Wildman–Crippen MR) is 48.4 cm³/mol. The van der Waals surface area contributed by atoms with Crippen molar-refractivity contribution in [2.24, 2.45) is 0 Å². The van der Waals surface area contributed by atoms with Crippen molar-refractivity contribution in [3.05, 3.63) is 18.2 Å². The molecule has 0 amide bonds. The highest BCUT2D eigenvalue weighted by Crippen LogP contribution is 2.06. The molecule has 0 bridgehead atoms. The van der Waals surface area contributed by atoms with Gasteiger partial charge in [-0.2, -0.15) is 0 Å². The van der Waals surface area contributed by atoms with Gasteiger partial charge in [-0.25, -0.2) is 0 Å². The van der Waals surface area contributed by atoms with Gasteiger partial charge in [0, 0.05) is 13.1 Å². The fraction of sp³-hybridized carbons (Fsp3) is 0.333. The highest BCUT2D eigenvalue weighted by Gasteiger charge is 1.94. The maximum atomic E-state index is 3.85. The van der Waals surface area contributed by atoms with E-state index in [1.165, 1.54) is 11.3 Å². The summed E-state index contributed by atoms with van der Waals surface area (Å²) in [6.07, 6.45) is 3.36. The fourth-order valence-corrected chi connectivity index (χ4v) is 1.35. The Bertz CT molecular complexity index is 294. The molecule has 0 saturated carbocycles. The van der Waals surface area contributed by atoms with Crippen LogP contribution in [0.2, 0.25) is 0 Å². The first-order valence-corrected chi connectivity index (χ1v) is 4.65. The standard InChI is InChI=1S/C6H8N6S/c1(2-12-3-8-9-4-12)7-6-11-10-5-13-6/h3-5H,1-2H2,(H,7,11). The van der Waals surface area contributed by atoms with Gasteiger partial charge < -0.3 is 9.88 Å². The summed E-state index contributed by atoms with van der Waals surface area (Å²) in [4.78, 5) is 0. The van der Waals surface area contributed by atoms with Crippen LogP contribution in [0.3, 0.4) is 0 Å². The van der Waals surface area contributed by atoms with E-state index in [1.54, 1.807) is 18.2 Å². The summed E-state index contributed by atoms with van der Waals surface area (Å²) >= 11 is 1.49. The zero-order chi connectivity index (χ0) is 8.93. The summed E-state index contributed by atoms with van der Waals surface area (Å²) in [7, 11) is 0. The van der Waals surface area contributed by atoms with Crippen molar-refractivity contribution in [1.29, 1.82) is 0 Å². The lowest BCUT2D eigenvalue weighted by Crippen LogP contribution is -2.08. The van der Waals surface area contributed by atoms with Crippen LogP contribution in [0.4, 0.5) is 5.13 Å². The average Bonchev–Trinajstić information content (AvgIpc) is 2.75. The van der Waals surface area contributed by atoms with Gasteiger partial charge in [0.2, 0.25) is 5.13 Å². The molecule has 2 heterocycles. The molecule has 6 nitrogen and oxygen atoms in total. The Morgan fingerprint density at radius 1 is 1.31 bits per heavy atom. The van der Waals surface area contributed by atoms with Crippen molar-refractivity contribution in [2.75, 3.05) is 11.9 Å². The molecule has 0 aliphatic rings. The molecule has 2 rings (SSSR count). The maximum absolute atomic E-state index is 3.85. The minimum Gasteiger partial charge on any atom is -0.358 e. The number of nitrogens with zero attached hydrogens (tertiary/aromatic N) is 5. The third kappa shape index (κ3) is 2.22. The lowest BCUT2D eigenvalue weighted by atomic mass is 10.6. The number of nitrogens with one attached hydrogen (secondary N) is 1. The summed E-state index contributed by atoms with van der Waals surface area (Å²) in [6.45, 7) is 1.62. The van der Waals surface area contributed by atoms with E-state index in [1.807, 2.05) is 4.57 Å². The van der Waals surface area contributed by atoms with Gasteiger partial charge in [-0.05, 0) is 0 Å². The van der Waals surface area contributed by atoms with Crippen molar-refractivity contribution in [3.63, 3.8) is 0 Å². The van der Waals surface area contributed by atoms with E-state index in [2.05, 4.69) is 25.7 Å². The molecule has 0 aliphatic carbocycles. The van der Waals surface area contributed by atoms with Gasteiger partial charge in [-0.3, -0.25) is 0 Å². The molecule has 0 radical (unpaired) electrons. The van der Waals surface area contributed by atoms with Gasteiger partial charge in [-0.15, -0.1) is 20.4 Å². The van der Waals surface area contributed by atoms with E-state index in [0.29, 0.717) is 0 Å². The molecule has 2 aromatic rings. The van der Waals surface area contributed by atoms with E-state index in [-0.39, 0.29) is 0 Å². The number of hydrogen-bond acceptors (Lipinski definition) is 6. The Hall–Kier alpha value is -1.50. The zero-order valence-electron chi connectivity index (χ0n) is 6.79. The first-order chi connectivity index (χ1) is 6.45. The second-order valence-corrected chi connectivity index (χ2v) is 3.20. The number of rotatable bonds is 4. The Balaban J connectivity index is 1.76. The molecule has 0 aromatic carbocycles. The molecule has 68 valence electrons. The van der Waals surface area contributed by atoms with Gasteiger partial charge in [0.15, 0.2) is 0 Å². The minimum atomic E-state index is 0.799. The van der Waals surface area contributed by atoms with E-state index in [0.717, 1.165) is 18.2 Å². The molecule has 13 heavy (non-hydrogen) atoms. The van der Waals surface area contributed by atoms with Crippen LogP contribution in [-0.4, -0.2) is 31.5 Å². The van der Waals surface area contributed by atoms with Crippen molar-refractivity contribution < 1.29 is 0 Å². The molecule has 0 atom stereocenters. The van der Waals surface area contributed by atoms with Crippen LogP contribution < -0.4 is 5.32 Å². The zero-order valence-corrected chi connectivity index (χ0v) is 7.61. The highest BCUT2D eigenvalue weighted by molar-refractivity contribution is 7.13. The van der Waals surface area contributed by atoms with Crippen LogP contribution in [0.15, 0.2) is 18.2 Å². The second kappa shape index (κ2) is 3.94. The van der Waals surface area contributed by atoms with Gasteiger partial charge in [0.05, 0.1) is 0 Å². The third-order valence-corrected chi connectivity index (χ3v) is 2.12. The van der Waals surface area contributed by atoms with Crippen molar-refractivity contribution in [2.45, 2.75) is 6.54 Å². The van der Waals surface area contributed by atoms with Gasteiger partial charge in [0.1, 0.15) is 18.2 Å². The Labute approximate surface area is 78.6 Å². The monoisotopic (exact) mass is 196 g/mol. The lowest BCUT2D eigenvalue weighted by Gasteiger charge is -2.01. The first kappa shape index (κ1) is 8.11. The number of anilines is 1. The van der Waals surface area contributed by atoms with Crippen LogP contribution in [0.1, 0.15) is 0 Å². The molecule has 1 N–H and O–H groups in total. The largest absolute Gasteiger partial charge is 0.358 e. The molecular formula is C6H8N6S.